The van der Waals surface area contributed by atoms with Crippen LogP contribution in [-0.2, 0) is 5.75 Å². The van der Waals surface area contributed by atoms with Crippen LogP contribution in [0.5, 0.6) is 0 Å². The van der Waals surface area contributed by atoms with Gasteiger partial charge in [-0.3, -0.25) is 9.89 Å². The molecule has 0 atom stereocenters. The van der Waals surface area contributed by atoms with Gasteiger partial charge < -0.3 is 4.98 Å². The van der Waals surface area contributed by atoms with E-state index in [9.17, 15) is 4.79 Å². The number of benzene rings is 2. The van der Waals surface area contributed by atoms with Crippen LogP contribution >= 0.6 is 35.0 Å². The van der Waals surface area contributed by atoms with Gasteiger partial charge in [0, 0.05) is 22.4 Å². The maximum Gasteiger partial charge on any atom is 0.274 e. The Kier molecular flexibility index (Phi) is 4.33. The first-order valence-corrected chi connectivity index (χ1v) is 9.18. The Morgan fingerprint density at radius 2 is 1.92 bits per heavy atom. The van der Waals surface area contributed by atoms with E-state index in [4.69, 9.17) is 23.2 Å². The van der Waals surface area contributed by atoms with Gasteiger partial charge in [-0.25, -0.2) is 4.98 Å². The Bertz CT molecular complexity index is 1080. The van der Waals surface area contributed by atoms with Gasteiger partial charge in [0.1, 0.15) is 0 Å². The van der Waals surface area contributed by atoms with Crippen LogP contribution in [0.25, 0.3) is 17.0 Å². The van der Waals surface area contributed by atoms with Crippen molar-refractivity contribution >= 4 is 46.0 Å². The molecule has 0 fully saturated rings. The molecule has 0 unspecified atom stereocenters. The Morgan fingerprint density at radius 3 is 2.72 bits per heavy atom. The van der Waals surface area contributed by atoms with Crippen LogP contribution in [0, 0.1) is 0 Å². The third-order valence-electron chi connectivity index (χ3n) is 3.65. The zero-order chi connectivity index (χ0) is 17.4. The number of para-hydroxylation sites is 2. The first-order chi connectivity index (χ1) is 12.1. The highest BCUT2D eigenvalue weighted by Crippen LogP contribution is 2.29. The molecule has 4 rings (SSSR count). The molecule has 0 aliphatic carbocycles. The monoisotopic (exact) mass is 390 g/mol. The van der Waals surface area contributed by atoms with E-state index in [1.54, 1.807) is 23.9 Å². The van der Waals surface area contributed by atoms with Gasteiger partial charge in [-0.2, -0.15) is 4.68 Å². The van der Waals surface area contributed by atoms with Crippen LogP contribution in [-0.4, -0.2) is 19.7 Å². The normalized spacial score (nSPS) is 11.3. The van der Waals surface area contributed by atoms with Crippen LogP contribution in [0.15, 0.2) is 58.2 Å². The average Bonchev–Trinajstić information content (AvgIpc) is 3.19. The number of thioether (sulfide) groups is 1. The van der Waals surface area contributed by atoms with Crippen molar-refractivity contribution in [1.82, 2.24) is 19.7 Å². The van der Waals surface area contributed by atoms with Crippen molar-refractivity contribution in [3.8, 4) is 5.95 Å². The lowest BCUT2D eigenvalue weighted by Gasteiger charge is -2.02. The number of halogens is 2. The van der Waals surface area contributed by atoms with Gasteiger partial charge in [-0.05, 0) is 30.3 Å². The molecular weight excluding hydrogens is 379 g/mol. The molecule has 2 aromatic carbocycles. The lowest BCUT2D eigenvalue weighted by atomic mass is 10.3. The van der Waals surface area contributed by atoms with Crippen molar-refractivity contribution in [1.29, 1.82) is 0 Å². The van der Waals surface area contributed by atoms with Gasteiger partial charge in [0.15, 0.2) is 0 Å². The summed E-state index contributed by atoms with van der Waals surface area (Å²) in [7, 11) is 0. The minimum absolute atomic E-state index is 0.163. The Labute approximate surface area is 157 Å². The number of aromatic nitrogens is 4. The topological polar surface area (TPSA) is 66.5 Å². The second-order valence-corrected chi connectivity index (χ2v) is 7.26. The highest BCUT2D eigenvalue weighted by Gasteiger charge is 2.10. The zero-order valence-electron chi connectivity index (χ0n) is 12.8. The highest BCUT2D eigenvalue weighted by molar-refractivity contribution is 7.98. The summed E-state index contributed by atoms with van der Waals surface area (Å²) in [6.45, 7) is 0. The summed E-state index contributed by atoms with van der Waals surface area (Å²) in [5.74, 6) is 1.07. The van der Waals surface area contributed by atoms with Gasteiger partial charge in [-0.15, -0.1) is 11.8 Å². The van der Waals surface area contributed by atoms with Gasteiger partial charge in [0.2, 0.25) is 5.95 Å². The van der Waals surface area contributed by atoms with Crippen LogP contribution in [0.2, 0.25) is 10.0 Å². The van der Waals surface area contributed by atoms with Crippen molar-refractivity contribution in [2.24, 2.45) is 0 Å². The summed E-state index contributed by atoms with van der Waals surface area (Å²) in [5, 5.41) is 4.12. The number of rotatable bonds is 4. The number of nitrogens with zero attached hydrogens (tertiary/aromatic N) is 2. The molecule has 126 valence electrons. The molecule has 0 aliphatic heterocycles. The molecule has 0 aliphatic rings. The molecule has 0 radical (unpaired) electrons. The Morgan fingerprint density at radius 1 is 1.08 bits per heavy atom. The van der Waals surface area contributed by atoms with Gasteiger partial charge in [0.25, 0.3) is 5.56 Å². The quantitative estimate of drug-likeness (QED) is 0.498. The van der Waals surface area contributed by atoms with Gasteiger partial charge >= 0.3 is 0 Å². The molecule has 0 saturated heterocycles. The third-order valence-corrected chi connectivity index (χ3v) is 5.43. The summed E-state index contributed by atoms with van der Waals surface area (Å²) in [6, 6.07) is 14.7. The molecule has 2 heterocycles. The second kappa shape index (κ2) is 6.63. The van der Waals surface area contributed by atoms with E-state index in [2.05, 4.69) is 15.1 Å². The number of H-pyrrole nitrogens is 2. The Balaban J connectivity index is 1.57. The first kappa shape index (κ1) is 16.3. The van der Waals surface area contributed by atoms with Crippen molar-refractivity contribution in [2.75, 3.05) is 0 Å². The molecule has 5 nitrogen and oxygen atoms in total. The third kappa shape index (κ3) is 3.33. The molecule has 25 heavy (non-hydrogen) atoms. The van der Waals surface area contributed by atoms with E-state index < -0.39 is 0 Å². The molecule has 8 heteroatoms. The van der Waals surface area contributed by atoms with E-state index in [0.717, 1.165) is 21.6 Å². The van der Waals surface area contributed by atoms with Gasteiger partial charge in [-0.1, -0.05) is 35.3 Å². The number of fused-ring (bicyclic) bond motifs is 1. The van der Waals surface area contributed by atoms with Crippen molar-refractivity contribution in [2.45, 2.75) is 10.6 Å². The summed E-state index contributed by atoms with van der Waals surface area (Å²) < 4.78 is 1.41. The molecule has 0 bridgehead atoms. The standard InChI is InChI=1S/C17H12Cl2N4OS/c18-12-6-5-11(8-13(12)19)25-9-10-7-16(24)23(22-10)17-20-14-3-1-2-4-15(14)21-17/h1-8,22H,9H2,(H,20,21). The highest BCUT2D eigenvalue weighted by atomic mass is 35.5. The van der Waals surface area contributed by atoms with Crippen LogP contribution in [0.1, 0.15) is 5.69 Å². The van der Waals surface area contributed by atoms with Crippen molar-refractivity contribution in [3.63, 3.8) is 0 Å². The van der Waals surface area contributed by atoms with E-state index in [0.29, 0.717) is 21.7 Å². The summed E-state index contributed by atoms with van der Waals surface area (Å²) >= 11 is 13.5. The van der Waals surface area contributed by atoms with Crippen molar-refractivity contribution < 1.29 is 0 Å². The predicted molar refractivity (Wildman–Crippen MR) is 102 cm³/mol. The molecule has 0 amide bonds. The van der Waals surface area contributed by atoms with Crippen LogP contribution in [0.3, 0.4) is 0 Å². The summed E-state index contributed by atoms with van der Waals surface area (Å²) in [6.07, 6.45) is 0. The molecule has 0 spiro atoms. The predicted octanol–water partition coefficient (Wildman–Crippen LogP) is 4.64. The lowest BCUT2D eigenvalue weighted by Crippen LogP contribution is -2.14. The second-order valence-electron chi connectivity index (χ2n) is 5.40. The number of hydrogen-bond donors (Lipinski definition) is 2. The SMILES string of the molecule is O=c1cc(CSc2ccc(Cl)c(Cl)c2)[nH]n1-c1nc2ccccc2[nH]1. The number of hydrogen-bond acceptors (Lipinski definition) is 3. The van der Waals surface area contributed by atoms with Crippen LogP contribution < -0.4 is 5.56 Å². The van der Waals surface area contributed by atoms with E-state index in [-0.39, 0.29) is 5.56 Å². The maximum absolute atomic E-state index is 12.3. The molecule has 2 aromatic heterocycles. The van der Waals surface area contributed by atoms with Crippen LogP contribution in [0.4, 0.5) is 0 Å². The molecule has 4 aromatic rings. The number of nitrogens with one attached hydrogen (secondary N) is 2. The van der Waals surface area contributed by atoms with E-state index in [1.807, 2.05) is 36.4 Å². The fourth-order valence-corrected chi connectivity index (χ4v) is 3.65. The first-order valence-electron chi connectivity index (χ1n) is 7.44. The summed E-state index contributed by atoms with van der Waals surface area (Å²) in [4.78, 5) is 20.8. The maximum atomic E-state index is 12.3. The summed E-state index contributed by atoms with van der Waals surface area (Å²) in [5.41, 5.74) is 2.32. The average molecular weight is 391 g/mol. The largest absolute Gasteiger partial charge is 0.322 e. The Hall–Kier alpha value is -2.15. The van der Waals surface area contributed by atoms with E-state index in [1.165, 1.54) is 4.68 Å². The number of imidazole rings is 1. The lowest BCUT2D eigenvalue weighted by molar-refractivity contribution is 0.789. The molecule has 2 N–H and O–H groups in total. The molecular formula is C17H12Cl2N4OS. The molecule has 0 saturated carbocycles. The number of aromatic amines is 2. The fraction of sp³-hybridized carbons (Fsp3) is 0.0588. The minimum atomic E-state index is -0.163. The van der Waals surface area contributed by atoms with E-state index >= 15 is 0 Å². The minimum Gasteiger partial charge on any atom is -0.322 e. The van der Waals surface area contributed by atoms with Gasteiger partial charge in [0.05, 0.1) is 21.1 Å². The van der Waals surface area contributed by atoms with Crippen molar-refractivity contribution in [3.05, 3.63) is 74.6 Å². The fourth-order valence-electron chi connectivity index (χ4n) is 2.45. The zero-order valence-corrected chi connectivity index (χ0v) is 15.1. The smallest absolute Gasteiger partial charge is 0.274 e.